The first-order chi connectivity index (χ1) is 21.0. The maximum absolute atomic E-state index is 10.2. The number of para-hydroxylation sites is 2. The molecule has 212 valence electrons. The van der Waals surface area contributed by atoms with E-state index in [-0.39, 0.29) is 21.1 Å². The fourth-order valence-electron chi connectivity index (χ4n) is 5.84. The Balaban J connectivity index is 0.00000312. The Morgan fingerprint density at radius 1 is 0.773 bits per heavy atom. The van der Waals surface area contributed by atoms with E-state index in [0.29, 0.717) is 45.2 Å². The summed E-state index contributed by atoms with van der Waals surface area (Å²) in [7, 11) is 0. The number of furan rings is 2. The second-order valence-corrected chi connectivity index (χ2v) is 10.8. The van der Waals surface area contributed by atoms with Crippen LogP contribution in [0.4, 0.5) is 5.69 Å². The monoisotopic (exact) mass is 751 g/mol. The van der Waals surface area contributed by atoms with E-state index in [1.165, 1.54) is 0 Å². The van der Waals surface area contributed by atoms with Crippen molar-refractivity contribution in [3.8, 4) is 17.4 Å². The zero-order chi connectivity index (χ0) is 29.3. The van der Waals surface area contributed by atoms with E-state index in [4.69, 9.17) is 25.6 Å². The molecule has 9 heteroatoms. The van der Waals surface area contributed by atoms with Gasteiger partial charge in [0.25, 0.3) is 0 Å². The molecule has 0 bridgehead atoms. The van der Waals surface area contributed by atoms with Gasteiger partial charge in [-0.1, -0.05) is 47.2 Å². The first-order valence-corrected chi connectivity index (χ1v) is 13.6. The van der Waals surface area contributed by atoms with Crippen LogP contribution < -0.4 is 0 Å². The second-order valence-electron chi connectivity index (χ2n) is 10.8. The Labute approximate surface area is 265 Å². The third-order valence-corrected chi connectivity index (χ3v) is 7.93. The van der Waals surface area contributed by atoms with E-state index in [9.17, 15) is 5.26 Å². The molecule has 0 spiro atoms. The summed E-state index contributed by atoms with van der Waals surface area (Å²) in [6.07, 6.45) is 3.35. The molecule has 0 radical (unpaired) electrons. The summed E-state index contributed by atoms with van der Waals surface area (Å²) in [6, 6.07) is 32.0. The van der Waals surface area contributed by atoms with Gasteiger partial charge in [-0.25, -0.2) is 4.85 Å². The van der Waals surface area contributed by atoms with E-state index in [2.05, 4.69) is 23.0 Å². The first-order valence-electron chi connectivity index (χ1n) is 13.6. The van der Waals surface area contributed by atoms with Crippen molar-refractivity contribution in [2.45, 2.75) is 19.3 Å². The average molecular weight is 752 g/mol. The summed E-state index contributed by atoms with van der Waals surface area (Å²) in [4.78, 5) is 3.80. The minimum absolute atomic E-state index is 0. The Morgan fingerprint density at radius 2 is 1.30 bits per heavy atom. The minimum Gasteiger partial charge on any atom is -0.513 e. The van der Waals surface area contributed by atoms with Crippen LogP contribution in [0.1, 0.15) is 30.8 Å². The molecule has 0 atom stereocenters. The molecule has 4 aromatic carbocycles. The summed E-state index contributed by atoms with van der Waals surface area (Å²) in [6.45, 7) is 11.8. The molecule has 0 aliphatic heterocycles. The number of rotatable bonds is 4. The number of aromatic nitrogens is 4. The molecule has 44 heavy (non-hydrogen) atoms. The van der Waals surface area contributed by atoms with E-state index in [1.807, 2.05) is 86.6 Å². The maximum Gasteiger partial charge on any atom is 2.00 e. The largest absolute Gasteiger partial charge is 2.00 e. The van der Waals surface area contributed by atoms with Gasteiger partial charge in [0.2, 0.25) is 5.69 Å². The zero-order valence-electron chi connectivity index (χ0n) is 23.4. The fraction of sp³-hybridized carbons (Fsp3) is 0.0857. The van der Waals surface area contributed by atoms with Gasteiger partial charge in [0.1, 0.15) is 17.2 Å². The van der Waals surface area contributed by atoms with Gasteiger partial charge in [0.05, 0.1) is 23.5 Å². The molecule has 0 unspecified atom stereocenters. The molecule has 8 aromatic rings. The molecule has 0 amide bonds. The predicted octanol–water partition coefficient (Wildman–Crippen LogP) is 8.20. The van der Waals surface area contributed by atoms with Gasteiger partial charge < -0.3 is 8.83 Å². The molecule has 8 rings (SSSR count). The van der Waals surface area contributed by atoms with E-state index in [1.54, 1.807) is 21.8 Å². The Kier molecular flexibility index (Phi) is 6.28. The Morgan fingerprint density at radius 3 is 1.84 bits per heavy atom. The number of nitrogens with zero attached hydrogens (tertiary/aromatic N) is 6. The summed E-state index contributed by atoms with van der Waals surface area (Å²) < 4.78 is 15.6. The van der Waals surface area contributed by atoms with Crippen LogP contribution in [-0.4, -0.2) is 19.6 Å². The number of fused-ring (bicyclic) bond motifs is 6. The van der Waals surface area contributed by atoms with Crippen molar-refractivity contribution in [3.05, 3.63) is 126 Å². The molecule has 0 N–H and O–H groups in total. The second kappa shape index (κ2) is 10.1. The van der Waals surface area contributed by atoms with E-state index < -0.39 is 5.41 Å². The van der Waals surface area contributed by atoms with Crippen molar-refractivity contribution in [2.75, 3.05) is 0 Å². The summed E-state index contributed by atoms with van der Waals surface area (Å²) in [5.74, 6) is 0. The van der Waals surface area contributed by atoms with Crippen molar-refractivity contribution >= 4 is 49.6 Å². The number of nitriles is 1. The molecular weight excluding hydrogens is 732 g/mol. The number of hydrogen-bond donors (Lipinski definition) is 0. The van der Waals surface area contributed by atoms with Crippen LogP contribution in [0.2, 0.25) is 0 Å². The molecule has 0 aliphatic rings. The molecule has 0 saturated carbocycles. The molecule has 0 fully saturated rings. The quantitative estimate of drug-likeness (QED) is 0.169. The molecule has 4 aromatic heterocycles. The predicted molar refractivity (Wildman–Crippen MR) is 162 cm³/mol. The zero-order valence-corrected chi connectivity index (χ0v) is 25.7. The van der Waals surface area contributed by atoms with E-state index in [0.717, 1.165) is 32.7 Å². The van der Waals surface area contributed by atoms with Crippen LogP contribution in [0.15, 0.2) is 94.0 Å². The van der Waals surface area contributed by atoms with Gasteiger partial charge in [0.15, 0.2) is 0 Å². The van der Waals surface area contributed by atoms with Gasteiger partial charge in [0, 0.05) is 39.7 Å². The van der Waals surface area contributed by atoms with Gasteiger partial charge in [-0.2, -0.15) is 51.9 Å². The molecular formula is C35H20N6O2Pt. The molecule has 4 heterocycles. The van der Waals surface area contributed by atoms with Crippen molar-refractivity contribution < 1.29 is 29.9 Å². The van der Waals surface area contributed by atoms with Crippen LogP contribution in [0.25, 0.3) is 60.1 Å². The minimum atomic E-state index is -0.912. The standard InChI is InChI=1S/C35H20N6O2.Pt/c1-35(2,33-21(18-36)19-40(38-33)27-14-8-12-24-22-10-4-6-16-29(22)42-31(24)27)34-26(37-3)20-41(39-34)28-15-9-13-25-23-11-5-7-17-30(23)43-32(25)28;/h4-13,16-17,19-20H,1-2H3;/q-2;+2. The average Bonchev–Trinajstić information content (AvgIpc) is 3.82. The SMILES string of the molecule is [C-]#[N+]c1cn(-c2[c-]ccc3c2oc2ccccc23)nc1C(C)(C)c1nn(-c2[c-]ccc3c2oc2ccccc23)cc1C#N.[Pt+2]. The van der Waals surface area contributed by atoms with Crippen molar-refractivity contribution in [1.29, 1.82) is 5.26 Å². The van der Waals surface area contributed by atoms with Crippen LogP contribution >= 0.6 is 0 Å². The van der Waals surface area contributed by atoms with Gasteiger partial charge in [-0.15, -0.1) is 0 Å². The Bertz CT molecular complexity index is 2310. The third-order valence-electron chi connectivity index (χ3n) is 7.93. The van der Waals surface area contributed by atoms with Gasteiger partial charge >= 0.3 is 21.1 Å². The Hall–Kier alpha value is -5.43. The van der Waals surface area contributed by atoms with Crippen LogP contribution in [0.3, 0.4) is 0 Å². The number of benzene rings is 4. The summed E-state index contributed by atoms with van der Waals surface area (Å²) in [5, 5.41) is 23.8. The van der Waals surface area contributed by atoms with Crippen molar-refractivity contribution in [2.24, 2.45) is 0 Å². The van der Waals surface area contributed by atoms with Crippen LogP contribution in [0, 0.1) is 30.0 Å². The summed E-state index contributed by atoms with van der Waals surface area (Å²) in [5.41, 5.74) is 4.72. The van der Waals surface area contributed by atoms with Crippen LogP contribution in [-0.2, 0) is 26.5 Å². The molecule has 0 saturated heterocycles. The molecule has 0 aliphatic carbocycles. The fourth-order valence-corrected chi connectivity index (χ4v) is 5.84. The van der Waals surface area contributed by atoms with Crippen molar-refractivity contribution in [3.63, 3.8) is 0 Å². The normalized spacial score (nSPS) is 11.6. The van der Waals surface area contributed by atoms with Gasteiger partial charge in [-0.05, 0) is 37.4 Å². The van der Waals surface area contributed by atoms with Gasteiger partial charge in [-0.3, -0.25) is 9.36 Å². The van der Waals surface area contributed by atoms with Crippen molar-refractivity contribution in [1.82, 2.24) is 19.6 Å². The smallest absolute Gasteiger partial charge is 0.513 e. The van der Waals surface area contributed by atoms with E-state index >= 15 is 0 Å². The maximum atomic E-state index is 10.2. The summed E-state index contributed by atoms with van der Waals surface area (Å²) >= 11 is 0. The first kappa shape index (κ1) is 27.4. The van der Waals surface area contributed by atoms with Crippen LogP contribution in [0.5, 0.6) is 0 Å². The number of hydrogen-bond acceptors (Lipinski definition) is 5. The molecule has 8 nitrogen and oxygen atoms in total. The third kappa shape index (κ3) is 3.92. The topological polar surface area (TPSA) is 90.1 Å².